The first kappa shape index (κ1) is 12.9. The van der Waals surface area contributed by atoms with Gasteiger partial charge in [0.25, 0.3) is 0 Å². The SMILES string of the molecule is CN1CCCC(N(C)c2ccccc2C(=O)O)C1. The van der Waals surface area contributed by atoms with Gasteiger partial charge in [-0.2, -0.15) is 0 Å². The second-order valence-electron chi connectivity index (χ2n) is 4.99. The Kier molecular flexibility index (Phi) is 3.87. The van der Waals surface area contributed by atoms with E-state index in [4.69, 9.17) is 0 Å². The second kappa shape index (κ2) is 5.40. The Morgan fingerprint density at radius 2 is 2.17 bits per heavy atom. The topological polar surface area (TPSA) is 43.8 Å². The van der Waals surface area contributed by atoms with Crippen molar-refractivity contribution in [3.63, 3.8) is 0 Å². The quantitative estimate of drug-likeness (QED) is 0.887. The van der Waals surface area contributed by atoms with Crippen LogP contribution in [0, 0.1) is 0 Å². The number of carboxylic acid groups (broad SMARTS) is 1. The van der Waals surface area contributed by atoms with Gasteiger partial charge in [-0.05, 0) is 38.6 Å². The van der Waals surface area contributed by atoms with Crippen LogP contribution in [0.2, 0.25) is 0 Å². The normalized spacial score (nSPS) is 20.7. The van der Waals surface area contributed by atoms with Gasteiger partial charge in [0.2, 0.25) is 0 Å². The Morgan fingerprint density at radius 3 is 2.83 bits per heavy atom. The number of nitrogens with zero attached hydrogens (tertiary/aromatic N) is 2. The van der Waals surface area contributed by atoms with Gasteiger partial charge in [0.1, 0.15) is 0 Å². The largest absolute Gasteiger partial charge is 0.478 e. The van der Waals surface area contributed by atoms with Gasteiger partial charge in [-0.1, -0.05) is 12.1 Å². The summed E-state index contributed by atoms with van der Waals surface area (Å²) in [6.07, 6.45) is 2.29. The molecule has 0 saturated carbocycles. The second-order valence-corrected chi connectivity index (χ2v) is 4.99. The Balaban J connectivity index is 2.22. The number of aromatic carboxylic acids is 1. The molecule has 1 heterocycles. The standard InChI is InChI=1S/C14H20N2O2/c1-15-9-5-6-11(10-15)16(2)13-8-4-3-7-12(13)14(17)18/h3-4,7-8,11H,5-6,9-10H2,1-2H3,(H,17,18). The monoisotopic (exact) mass is 248 g/mol. The Hall–Kier alpha value is -1.55. The fraction of sp³-hybridized carbons (Fsp3) is 0.500. The number of benzene rings is 1. The van der Waals surface area contributed by atoms with Crippen molar-refractivity contribution in [2.75, 3.05) is 32.1 Å². The van der Waals surface area contributed by atoms with Gasteiger partial charge in [-0.3, -0.25) is 0 Å². The number of carbonyl (C=O) groups is 1. The zero-order valence-electron chi connectivity index (χ0n) is 11.0. The van der Waals surface area contributed by atoms with E-state index in [0.717, 1.165) is 25.2 Å². The van der Waals surface area contributed by atoms with Crippen LogP contribution in [-0.2, 0) is 0 Å². The first-order valence-electron chi connectivity index (χ1n) is 6.33. The Bertz CT molecular complexity index is 434. The van der Waals surface area contributed by atoms with Crippen LogP contribution in [0.5, 0.6) is 0 Å². The van der Waals surface area contributed by atoms with Crippen LogP contribution >= 0.6 is 0 Å². The molecule has 98 valence electrons. The minimum absolute atomic E-state index is 0.383. The molecule has 18 heavy (non-hydrogen) atoms. The Morgan fingerprint density at radius 1 is 1.44 bits per heavy atom. The summed E-state index contributed by atoms with van der Waals surface area (Å²) in [5.41, 5.74) is 1.19. The van der Waals surface area contributed by atoms with Crippen LogP contribution in [0.1, 0.15) is 23.2 Å². The van der Waals surface area contributed by atoms with E-state index in [0.29, 0.717) is 11.6 Å². The molecule has 0 bridgehead atoms. The van der Waals surface area contributed by atoms with Gasteiger partial charge in [-0.25, -0.2) is 4.79 Å². The molecule has 2 rings (SSSR count). The lowest BCUT2D eigenvalue weighted by Gasteiger charge is -2.37. The van der Waals surface area contributed by atoms with Crippen LogP contribution in [-0.4, -0.2) is 49.2 Å². The van der Waals surface area contributed by atoms with E-state index in [2.05, 4.69) is 16.8 Å². The van der Waals surface area contributed by atoms with Crippen molar-refractivity contribution >= 4 is 11.7 Å². The number of hydrogen-bond donors (Lipinski definition) is 1. The summed E-state index contributed by atoms with van der Waals surface area (Å²) in [6, 6.07) is 7.61. The van der Waals surface area contributed by atoms with E-state index in [1.165, 1.54) is 6.42 Å². The third-order valence-corrected chi connectivity index (χ3v) is 3.66. The predicted octanol–water partition coefficient (Wildman–Crippen LogP) is 1.92. The van der Waals surface area contributed by atoms with Crippen LogP contribution in [0.4, 0.5) is 5.69 Å². The van der Waals surface area contributed by atoms with Gasteiger partial charge in [-0.15, -0.1) is 0 Å². The number of likely N-dealkylation sites (tertiary alicyclic amines) is 1. The van der Waals surface area contributed by atoms with Crippen LogP contribution in [0.25, 0.3) is 0 Å². The molecule has 1 aliphatic rings. The summed E-state index contributed by atoms with van der Waals surface area (Å²) >= 11 is 0. The van der Waals surface area contributed by atoms with Crippen molar-refractivity contribution in [3.05, 3.63) is 29.8 Å². The maximum absolute atomic E-state index is 11.2. The zero-order valence-corrected chi connectivity index (χ0v) is 11.0. The van der Waals surface area contributed by atoms with Gasteiger partial charge < -0.3 is 14.9 Å². The molecule has 1 aromatic rings. The number of likely N-dealkylation sites (N-methyl/N-ethyl adjacent to an activating group) is 2. The van der Waals surface area contributed by atoms with E-state index < -0.39 is 5.97 Å². The van der Waals surface area contributed by atoms with E-state index in [-0.39, 0.29) is 0 Å². The minimum Gasteiger partial charge on any atom is -0.478 e. The molecule has 1 fully saturated rings. The van der Waals surface area contributed by atoms with E-state index in [9.17, 15) is 9.90 Å². The highest BCUT2D eigenvalue weighted by Crippen LogP contribution is 2.24. The van der Waals surface area contributed by atoms with E-state index in [1.807, 2.05) is 19.2 Å². The maximum Gasteiger partial charge on any atom is 0.337 e. The highest BCUT2D eigenvalue weighted by molar-refractivity contribution is 5.94. The number of piperidine rings is 1. The number of para-hydroxylation sites is 1. The first-order chi connectivity index (χ1) is 8.59. The third-order valence-electron chi connectivity index (χ3n) is 3.66. The average Bonchev–Trinajstić information content (AvgIpc) is 2.38. The molecule has 0 amide bonds. The summed E-state index contributed by atoms with van der Waals surface area (Å²) in [4.78, 5) is 15.6. The zero-order chi connectivity index (χ0) is 13.1. The van der Waals surface area contributed by atoms with Crippen LogP contribution < -0.4 is 4.90 Å². The molecule has 1 N–H and O–H groups in total. The van der Waals surface area contributed by atoms with Crippen molar-refractivity contribution in [2.45, 2.75) is 18.9 Å². The number of rotatable bonds is 3. The summed E-state index contributed by atoms with van der Waals surface area (Å²) < 4.78 is 0. The molecule has 0 aromatic heterocycles. The summed E-state index contributed by atoms with van der Waals surface area (Å²) in [5.74, 6) is -0.860. The fourth-order valence-corrected chi connectivity index (χ4v) is 2.61. The molecule has 4 heteroatoms. The van der Waals surface area contributed by atoms with Gasteiger partial charge in [0.05, 0.1) is 11.3 Å². The van der Waals surface area contributed by atoms with Crippen molar-refractivity contribution in [3.8, 4) is 0 Å². The van der Waals surface area contributed by atoms with Crippen LogP contribution in [0.3, 0.4) is 0 Å². The van der Waals surface area contributed by atoms with Crippen LogP contribution in [0.15, 0.2) is 24.3 Å². The van der Waals surface area contributed by atoms with Gasteiger partial charge in [0.15, 0.2) is 0 Å². The molecule has 4 nitrogen and oxygen atoms in total. The van der Waals surface area contributed by atoms with Crippen molar-refractivity contribution in [1.82, 2.24) is 4.90 Å². The molecule has 1 atom stereocenters. The van der Waals surface area contributed by atoms with Gasteiger partial charge >= 0.3 is 5.97 Å². The predicted molar refractivity (Wildman–Crippen MR) is 72.3 cm³/mol. The van der Waals surface area contributed by atoms with E-state index >= 15 is 0 Å². The minimum atomic E-state index is -0.860. The number of anilines is 1. The maximum atomic E-state index is 11.2. The summed E-state index contributed by atoms with van der Waals surface area (Å²) in [6.45, 7) is 2.12. The molecule has 0 aliphatic carbocycles. The van der Waals surface area contributed by atoms with Crippen molar-refractivity contribution in [2.24, 2.45) is 0 Å². The summed E-state index contributed by atoms with van der Waals surface area (Å²) in [5, 5.41) is 9.23. The number of carboxylic acids is 1. The summed E-state index contributed by atoms with van der Waals surface area (Å²) in [7, 11) is 4.11. The fourth-order valence-electron chi connectivity index (χ4n) is 2.61. The highest BCUT2D eigenvalue weighted by Gasteiger charge is 2.23. The molecule has 1 saturated heterocycles. The van der Waals surface area contributed by atoms with Gasteiger partial charge in [0, 0.05) is 19.6 Å². The molecule has 1 aliphatic heterocycles. The first-order valence-corrected chi connectivity index (χ1v) is 6.33. The third kappa shape index (κ3) is 2.64. The van der Waals surface area contributed by atoms with E-state index in [1.54, 1.807) is 12.1 Å². The molecule has 0 spiro atoms. The number of hydrogen-bond acceptors (Lipinski definition) is 3. The smallest absolute Gasteiger partial charge is 0.337 e. The van der Waals surface area contributed by atoms with Crippen molar-refractivity contribution < 1.29 is 9.90 Å². The van der Waals surface area contributed by atoms with Crippen molar-refractivity contribution in [1.29, 1.82) is 0 Å². The highest BCUT2D eigenvalue weighted by atomic mass is 16.4. The molecule has 0 radical (unpaired) electrons. The molecular weight excluding hydrogens is 228 g/mol. The average molecular weight is 248 g/mol. The lowest BCUT2D eigenvalue weighted by atomic mass is 10.0. The Labute approximate surface area is 108 Å². The molecular formula is C14H20N2O2. The lowest BCUT2D eigenvalue weighted by molar-refractivity contribution is 0.0697. The molecule has 1 unspecified atom stereocenters. The lowest BCUT2D eigenvalue weighted by Crippen LogP contribution is -2.45. The molecule has 1 aromatic carbocycles.